The van der Waals surface area contributed by atoms with Crippen LogP contribution in [-0.4, -0.2) is 32.1 Å². The summed E-state index contributed by atoms with van der Waals surface area (Å²) in [4.78, 5) is 22.6. The maximum Gasteiger partial charge on any atom is 0.325 e. The molecule has 5 heteroatoms. The monoisotopic (exact) mass is 237 g/mol. The van der Waals surface area contributed by atoms with Crippen molar-refractivity contribution in [1.82, 2.24) is 5.32 Å². The van der Waals surface area contributed by atoms with Crippen molar-refractivity contribution in [3.63, 3.8) is 0 Å². The lowest BCUT2D eigenvalue weighted by molar-refractivity contribution is -0.141. The second kappa shape index (κ2) is 6.52. The molecule has 1 amide bonds. The molecule has 0 aromatic heterocycles. The highest BCUT2D eigenvalue weighted by Crippen LogP contribution is 2.10. The number of amides is 1. The van der Waals surface area contributed by atoms with E-state index in [1.807, 2.05) is 0 Å². The molecule has 17 heavy (non-hydrogen) atoms. The van der Waals surface area contributed by atoms with E-state index in [0.717, 1.165) is 0 Å². The van der Waals surface area contributed by atoms with Crippen LogP contribution in [0.15, 0.2) is 24.3 Å². The molecule has 0 bridgehead atoms. The highest BCUT2D eigenvalue weighted by Gasteiger charge is 2.08. The number of ether oxygens (including phenoxy) is 2. The molecule has 0 heterocycles. The van der Waals surface area contributed by atoms with Gasteiger partial charge in [-0.3, -0.25) is 9.59 Å². The Morgan fingerprint density at radius 3 is 2.41 bits per heavy atom. The number of carbonyl (C=O) groups excluding carboxylic acids is 2. The van der Waals surface area contributed by atoms with Crippen LogP contribution < -0.4 is 10.1 Å². The van der Waals surface area contributed by atoms with Gasteiger partial charge in [-0.2, -0.15) is 0 Å². The van der Waals surface area contributed by atoms with Crippen LogP contribution in [0.5, 0.6) is 5.75 Å². The average Bonchev–Trinajstić information content (AvgIpc) is 2.36. The van der Waals surface area contributed by atoms with E-state index in [1.165, 1.54) is 0 Å². The van der Waals surface area contributed by atoms with Crippen LogP contribution in [0.4, 0.5) is 0 Å². The van der Waals surface area contributed by atoms with Gasteiger partial charge in [-0.15, -0.1) is 0 Å². The molecule has 0 spiro atoms. The Morgan fingerprint density at radius 2 is 1.88 bits per heavy atom. The van der Waals surface area contributed by atoms with Gasteiger partial charge in [0.1, 0.15) is 12.3 Å². The molecular weight excluding hydrogens is 222 g/mol. The molecule has 5 nitrogen and oxygen atoms in total. The number of carbonyl (C=O) groups is 2. The van der Waals surface area contributed by atoms with Crippen molar-refractivity contribution in [2.24, 2.45) is 0 Å². The molecule has 1 aromatic carbocycles. The molecule has 0 radical (unpaired) electrons. The van der Waals surface area contributed by atoms with E-state index >= 15 is 0 Å². The molecule has 0 saturated carbocycles. The van der Waals surface area contributed by atoms with E-state index in [4.69, 9.17) is 9.47 Å². The lowest BCUT2D eigenvalue weighted by atomic mass is 10.2. The third kappa shape index (κ3) is 4.14. The molecule has 0 saturated heterocycles. The van der Waals surface area contributed by atoms with Crippen molar-refractivity contribution in [3.8, 4) is 5.75 Å². The minimum absolute atomic E-state index is 0.126. The van der Waals surface area contributed by atoms with Crippen LogP contribution in [0.1, 0.15) is 17.3 Å². The van der Waals surface area contributed by atoms with Crippen LogP contribution in [0, 0.1) is 0 Å². The molecule has 1 N–H and O–H groups in total. The smallest absolute Gasteiger partial charge is 0.325 e. The summed E-state index contributed by atoms with van der Waals surface area (Å²) in [5.41, 5.74) is 0.468. The average molecular weight is 237 g/mol. The predicted octanol–water partition coefficient (Wildman–Crippen LogP) is 0.988. The zero-order valence-corrected chi connectivity index (χ0v) is 9.86. The van der Waals surface area contributed by atoms with Crippen LogP contribution in [0.2, 0.25) is 0 Å². The molecule has 1 aromatic rings. The largest absolute Gasteiger partial charge is 0.497 e. The second-order valence-corrected chi connectivity index (χ2v) is 3.22. The zero-order valence-electron chi connectivity index (χ0n) is 9.86. The number of benzene rings is 1. The van der Waals surface area contributed by atoms with Gasteiger partial charge in [0, 0.05) is 5.56 Å². The van der Waals surface area contributed by atoms with E-state index in [2.05, 4.69) is 5.32 Å². The third-order valence-electron chi connectivity index (χ3n) is 2.05. The SMILES string of the molecule is CCOC(=O)CNC(=O)c1ccc(OC)cc1. The highest BCUT2D eigenvalue weighted by atomic mass is 16.5. The van der Waals surface area contributed by atoms with E-state index in [9.17, 15) is 9.59 Å². The number of methoxy groups -OCH3 is 1. The van der Waals surface area contributed by atoms with Gasteiger partial charge in [0.2, 0.25) is 0 Å². The predicted molar refractivity (Wildman–Crippen MR) is 62.0 cm³/mol. The topological polar surface area (TPSA) is 64.6 Å². The fraction of sp³-hybridized carbons (Fsp3) is 0.333. The summed E-state index contributed by atoms with van der Waals surface area (Å²) in [6.07, 6.45) is 0. The van der Waals surface area contributed by atoms with Crippen molar-refractivity contribution in [1.29, 1.82) is 0 Å². The van der Waals surface area contributed by atoms with Gasteiger partial charge in [-0.25, -0.2) is 0 Å². The zero-order chi connectivity index (χ0) is 12.7. The maximum atomic E-state index is 11.6. The van der Waals surface area contributed by atoms with Crippen molar-refractivity contribution in [2.75, 3.05) is 20.3 Å². The van der Waals surface area contributed by atoms with Crippen LogP contribution >= 0.6 is 0 Å². The Labute approximate surface area is 99.7 Å². The molecule has 0 aliphatic heterocycles. The Kier molecular flexibility index (Phi) is 5.00. The summed E-state index contributed by atoms with van der Waals surface area (Å²) in [5.74, 6) is -0.0954. The summed E-state index contributed by atoms with van der Waals surface area (Å²) in [6.45, 7) is 1.89. The minimum atomic E-state index is -0.450. The van der Waals surface area contributed by atoms with E-state index in [-0.39, 0.29) is 12.5 Å². The van der Waals surface area contributed by atoms with Gasteiger partial charge in [0.05, 0.1) is 13.7 Å². The molecule has 0 aliphatic carbocycles. The van der Waals surface area contributed by atoms with Gasteiger partial charge in [0.15, 0.2) is 0 Å². The fourth-order valence-electron chi connectivity index (χ4n) is 1.21. The Bertz CT molecular complexity index is 386. The van der Waals surface area contributed by atoms with Gasteiger partial charge >= 0.3 is 5.97 Å². The number of esters is 1. The third-order valence-corrected chi connectivity index (χ3v) is 2.05. The number of hydrogen-bond donors (Lipinski definition) is 1. The molecule has 0 fully saturated rings. The maximum absolute atomic E-state index is 11.6. The first-order valence-electron chi connectivity index (χ1n) is 5.25. The summed E-state index contributed by atoms with van der Waals surface area (Å²) in [5, 5.41) is 2.47. The minimum Gasteiger partial charge on any atom is -0.497 e. The van der Waals surface area contributed by atoms with Gasteiger partial charge in [-0.05, 0) is 31.2 Å². The highest BCUT2D eigenvalue weighted by molar-refractivity contribution is 5.95. The first-order valence-corrected chi connectivity index (χ1v) is 5.25. The van der Waals surface area contributed by atoms with E-state index in [1.54, 1.807) is 38.3 Å². The second-order valence-electron chi connectivity index (χ2n) is 3.22. The number of nitrogens with one attached hydrogen (secondary N) is 1. The Hall–Kier alpha value is -2.04. The summed E-state index contributed by atoms with van der Waals surface area (Å²) < 4.78 is 9.66. The molecule has 1 rings (SSSR count). The lowest BCUT2D eigenvalue weighted by Gasteiger charge is -2.05. The van der Waals surface area contributed by atoms with Gasteiger partial charge in [0.25, 0.3) is 5.91 Å². The summed E-state index contributed by atoms with van der Waals surface area (Å²) >= 11 is 0. The molecule has 92 valence electrons. The lowest BCUT2D eigenvalue weighted by Crippen LogP contribution is -2.30. The molecule has 0 aliphatic rings. The molecular formula is C12H15NO4. The Morgan fingerprint density at radius 1 is 1.24 bits per heavy atom. The molecule has 0 unspecified atom stereocenters. The van der Waals surface area contributed by atoms with Gasteiger partial charge in [-0.1, -0.05) is 0 Å². The van der Waals surface area contributed by atoms with Gasteiger partial charge < -0.3 is 14.8 Å². The number of hydrogen-bond acceptors (Lipinski definition) is 4. The summed E-state index contributed by atoms with van der Waals surface area (Å²) in [7, 11) is 1.55. The van der Waals surface area contributed by atoms with E-state index < -0.39 is 5.97 Å². The van der Waals surface area contributed by atoms with Crippen molar-refractivity contribution < 1.29 is 19.1 Å². The van der Waals surface area contributed by atoms with Crippen molar-refractivity contribution in [2.45, 2.75) is 6.92 Å². The standard InChI is InChI=1S/C12H15NO4/c1-3-17-11(14)8-13-12(15)9-4-6-10(16-2)7-5-9/h4-7H,3,8H2,1-2H3,(H,13,15). The number of rotatable bonds is 5. The first-order chi connectivity index (χ1) is 8.17. The first kappa shape index (κ1) is 13.0. The fourth-order valence-corrected chi connectivity index (χ4v) is 1.21. The normalized spacial score (nSPS) is 9.53. The van der Waals surface area contributed by atoms with Crippen LogP contribution in [0.3, 0.4) is 0 Å². The molecule has 0 atom stereocenters. The van der Waals surface area contributed by atoms with Crippen molar-refractivity contribution >= 4 is 11.9 Å². The quantitative estimate of drug-likeness (QED) is 0.775. The van der Waals surface area contributed by atoms with Crippen LogP contribution in [-0.2, 0) is 9.53 Å². The Balaban J connectivity index is 2.49. The van der Waals surface area contributed by atoms with Crippen molar-refractivity contribution in [3.05, 3.63) is 29.8 Å². The van der Waals surface area contributed by atoms with E-state index in [0.29, 0.717) is 17.9 Å². The van der Waals surface area contributed by atoms with Crippen LogP contribution in [0.25, 0.3) is 0 Å². The summed E-state index contributed by atoms with van der Waals surface area (Å²) in [6, 6.07) is 6.61.